The fraction of sp³-hybridized carbons (Fsp3) is 0.450. The van der Waals surface area contributed by atoms with Crippen molar-refractivity contribution in [3.8, 4) is 0 Å². The molecule has 0 saturated carbocycles. The molecule has 2 N–H and O–H groups in total. The van der Waals surface area contributed by atoms with Gasteiger partial charge in [-0.15, -0.1) is 24.0 Å². The Morgan fingerprint density at radius 3 is 2.62 bits per heavy atom. The first kappa shape index (κ1) is 23.6. The zero-order valence-corrected chi connectivity index (χ0v) is 20.0. The second-order valence-corrected chi connectivity index (χ2v) is 7.26. The van der Waals surface area contributed by atoms with Crippen LogP contribution < -0.4 is 15.5 Å². The number of rotatable bonds is 6. The minimum atomic E-state index is 0. The summed E-state index contributed by atoms with van der Waals surface area (Å²) in [4.78, 5) is 17.8. The predicted molar refractivity (Wildman–Crippen MR) is 131 cm³/mol. The minimum Gasteiger partial charge on any atom is -0.356 e. The van der Waals surface area contributed by atoms with Crippen LogP contribution in [0.15, 0.2) is 41.7 Å². The van der Waals surface area contributed by atoms with Gasteiger partial charge in [0.05, 0.1) is 0 Å². The molecule has 7 nitrogen and oxygen atoms in total. The van der Waals surface area contributed by atoms with E-state index in [0.717, 1.165) is 56.5 Å². The third-order valence-corrected chi connectivity index (χ3v) is 5.06. The van der Waals surface area contributed by atoms with Crippen LogP contribution in [0.1, 0.15) is 11.1 Å². The van der Waals surface area contributed by atoms with Gasteiger partial charge in [0.2, 0.25) is 0 Å². The Balaban J connectivity index is 0.00000300. The van der Waals surface area contributed by atoms with Gasteiger partial charge in [0, 0.05) is 64.3 Å². The van der Waals surface area contributed by atoms with Gasteiger partial charge in [-0.3, -0.25) is 4.99 Å². The molecule has 0 radical (unpaired) electrons. The maximum atomic E-state index is 5.83. The minimum absolute atomic E-state index is 0. The molecule has 0 atom stereocenters. The van der Waals surface area contributed by atoms with Crippen molar-refractivity contribution in [1.29, 1.82) is 0 Å². The SMILES string of the molecule is CN=C(NCCc1ccc(Cl)nc1)NCc1cccnc1N1CCN(C)CC1.I. The van der Waals surface area contributed by atoms with Gasteiger partial charge in [0.25, 0.3) is 0 Å². The summed E-state index contributed by atoms with van der Waals surface area (Å²) < 4.78 is 0. The lowest BCUT2D eigenvalue weighted by Gasteiger charge is -2.34. The number of aliphatic imine (C=N–C) groups is 1. The Hall–Kier alpha value is -1.65. The van der Waals surface area contributed by atoms with Crippen molar-refractivity contribution < 1.29 is 0 Å². The molecule has 0 unspecified atom stereocenters. The summed E-state index contributed by atoms with van der Waals surface area (Å²) in [6.45, 7) is 5.57. The van der Waals surface area contributed by atoms with E-state index in [1.54, 1.807) is 13.2 Å². The van der Waals surface area contributed by atoms with Crippen LogP contribution in [0.4, 0.5) is 5.82 Å². The first-order valence-electron chi connectivity index (χ1n) is 9.58. The van der Waals surface area contributed by atoms with Gasteiger partial charge in [-0.25, -0.2) is 9.97 Å². The van der Waals surface area contributed by atoms with E-state index >= 15 is 0 Å². The lowest BCUT2D eigenvalue weighted by Crippen LogP contribution is -2.45. The Kier molecular flexibility index (Phi) is 9.89. The number of hydrogen-bond acceptors (Lipinski definition) is 5. The molecule has 0 aliphatic carbocycles. The number of hydrogen-bond donors (Lipinski definition) is 2. The fourth-order valence-corrected chi connectivity index (χ4v) is 3.26. The quantitative estimate of drug-likeness (QED) is 0.259. The van der Waals surface area contributed by atoms with Gasteiger partial charge >= 0.3 is 0 Å². The molecule has 1 aliphatic heterocycles. The number of nitrogens with one attached hydrogen (secondary N) is 2. The van der Waals surface area contributed by atoms with Crippen LogP contribution >= 0.6 is 35.6 Å². The van der Waals surface area contributed by atoms with Crippen molar-refractivity contribution >= 4 is 47.4 Å². The molecule has 0 amide bonds. The number of anilines is 1. The molecule has 1 saturated heterocycles. The van der Waals surface area contributed by atoms with E-state index in [2.05, 4.69) is 48.5 Å². The molecule has 1 fully saturated rings. The van der Waals surface area contributed by atoms with Crippen molar-refractivity contribution in [2.24, 2.45) is 4.99 Å². The molecule has 1 aliphatic rings. The average molecular weight is 530 g/mol. The Morgan fingerprint density at radius 2 is 1.93 bits per heavy atom. The Morgan fingerprint density at radius 1 is 1.14 bits per heavy atom. The predicted octanol–water partition coefficient (Wildman–Crippen LogP) is 2.41. The van der Waals surface area contributed by atoms with Crippen molar-refractivity contribution in [2.45, 2.75) is 13.0 Å². The highest BCUT2D eigenvalue weighted by Crippen LogP contribution is 2.18. The molecular weight excluding hydrogens is 501 g/mol. The van der Waals surface area contributed by atoms with Gasteiger partial charge in [0.15, 0.2) is 5.96 Å². The van der Waals surface area contributed by atoms with E-state index in [9.17, 15) is 0 Å². The van der Waals surface area contributed by atoms with E-state index in [-0.39, 0.29) is 24.0 Å². The average Bonchev–Trinajstić information content (AvgIpc) is 2.73. The van der Waals surface area contributed by atoms with Gasteiger partial charge < -0.3 is 20.4 Å². The molecule has 0 bridgehead atoms. The topological polar surface area (TPSA) is 68.7 Å². The number of piperazine rings is 1. The highest BCUT2D eigenvalue weighted by molar-refractivity contribution is 14.0. The van der Waals surface area contributed by atoms with E-state index in [4.69, 9.17) is 11.6 Å². The summed E-state index contributed by atoms with van der Waals surface area (Å²) in [7, 11) is 3.94. The van der Waals surface area contributed by atoms with Crippen LogP contribution in [0.3, 0.4) is 0 Å². The summed E-state index contributed by atoms with van der Waals surface area (Å²) in [6.07, 6.45) is 4.52. The monoisotopic (exact) mass is 529 g/mol. The smallest absolute Gasteiger partial charge is 0.191 e. The van der Waals surface area contributed by atoms with Gasteiger partial charge in [-0.05, 0) is 31.2 Å². The number of pyridine rings is 2. The molecule has 0 aromatic carbocycles. The maximum Gasteiger partial charge on any atom is 0.191 e. The number of guanidine groups is 1. The van der Waals surface area contributed by atoms with Crippen LogP contribution in [0, 0.1) is 0 Å². The van der Waals surface area contributed by atoms with Gasteiger partial charge in [-0.1, -0.05) is 23.7 Å². The molecular formula is C20H29ClIN7. The first-order chi connectivity index (χ1) is 13.7. The Bertz CT molecular complexity index is 777. The van der Waals surface area contributed by atoms with Crippen LogP contribution in [-0.4, -0.2) is 67.6 Å². The summed E-state index contributed by atoms with van der Waals surface area (Å²) in [5, 5.41) is 7.26. The van der Waals surface area contributed by atoms with Crippen molar-refractivity contribution in [2.75, 3.05) is 51.7 Å². The standard InChI is InChI=1S/C20H28ClN7.HI/c1-22-20(24-9-7-16-5-6-18(21)25-14-16)26-15-17-4-3-8-23-19(17)28-12-10-27(2)11-13-28;/h3-6,8,14H,7,9-13,15H2,1-2H3,(H2,22,24,26);1H. The lowest BCUT2D eigenvalue weighted by atomic mass is 10.2. The number of nitrogens with zero attached hydrogens (tertiary/aromatic N) is 5. The largest absolute Gasteiger partial charge is 0.356 e. The number of likely N-dealkylation sites (N-methyl/N-ethyl adjacent to an activating group) is 1. The molecule has 2 aromatic heterocycles. The summed E-state index contributed by atoms with van der Waals surface area (Å²) >= 11 is 5.83. The number of halogens is 2. The molecule has 3 heterocycles. The second-order valence-electron chi connectivity index (χ2n) is 6.87. The normalized spacial score (nSPS) is 15.0. The van der Waals surface area contributed by atoms with E-state index < -0.39 is 0 Å². The Labute approximate surface area is 195 Å². The summed E-state index contributed by atoms with van der Waals surface area (Å²) in [5.74, 6) is 1.83. The third-order valence-electron chi connectivity index (χ3n) is 4.83. The zero-order valence-electron chi connectivity index (χ0n) is 16.9. The van der Waals surface area contributed by atoms with Gasteiger partial charge in [-0.2, -0.15) is 0 Å². The highest BCUT2D eigenvalue weighted by atomic mass is 127. The van der Waals surface area contributed by atoms with Crippen molar-refractivity contribution in [1.82, 2.24) is 25.5 Å². The molecule has 3 rings (SSSR count). The third kappa shape index (κ3) is 7.27. The first-order valence-corrected chi connectivity index (χ1v) is 9.96. The zero-order chi connectivity index (χ0) is 19.8. The van der Waals surface area contributed by atoms with Gasteiger partial charge in [0.1, 0.15) is 11.0 Å². The second kappa shape index (κ2) is 12.1. The van der Waals surface area contributed by atoms with Crippen LogP contribution in [0.2, 0.25) is 5.15 Å². The van der Waals surface area contributed by atoms with E-state index in [0.29, 0.717) is 11.7 Å². The van der Waals surface area contributed by atoms with Crippen molar-refractivity contribution in [3.05, 3.63) is 52.9 Å². The lowest BCUT2D eigenvalue weighted by molar-refractivity contribution is 0.312. The fourth-order valence-electron chi connectivity index (χ4n) is 3.15. The molecule has 9 heteroatoms. The van der Waals surface area contributed by atoms with Crippen molar-refractivity contribution in [3.63, 3.8) is 0 Å². The van der Waals surface area contributed by atoms with Crippen LogP contribution in [0.25, 0.3) is 0 Å². The number of aromatic nitrogens is 2. The molecule has 29 heavy (non-hydrogen) atoms. The van der Waals surface area contributed by atoms with E-state index in [1.807, 2.05) is 24.4 Å². The molecule has 0 spiro atoms. The summed E-state index contributed by atoms with van der Waals surface area (Å²) in [6, 6.07) is 7.91. The maximum absolute atomic E-state index is 5.83. The molecule has 158 valence electrons. The summed E-state index contributed by atoms with van der Waals surface area (Å²) in [5.41, 5.74) is 2.31. The molecule has 2 aromatic rings. The highest BCUT2D eigenvalue weighted by Gasteiger charge is 2.17. The van der Waals surface area contributed by atoms with Crippen LogP contribution in [0.5, 0.6) is 0 Å². The van der Waals surface area contributed by atoms with Crippen LogP contribution in [-0.2, 0) is 13.0 Å². The van der Waals surface area contributed by atoms with E-state index in [1.165, 1.54) is 5.56 Å².